The van der Waals surface area contributed by atoms with E-state index in [1.54, 1.807) is 0 Å². The van der Waals surface area contributed by atoms with Crippen molar-refractivity contribution in [2.75, 3.05) is 31.6 Å². The van der Waals surface area contributed by atoms with Crippen molar-refractivity contribution >= 4 is 31.0 Å². The molecule has 0 saturated carbocycles. The molecule has 0 unspecified atom stereocenters. The van der Waals surface area contributed by atoms with Crippen LogP contribution in [0.2, 0.25) is 19.6 Å². The number of ether oxygens (including phenoxy) is 3. The second-order valence-electron chi connectivity index (χ2n) is 12.3. The molecule has 4 aromatic carbocycles. The molecule has 1 fully saturated rings. The van der Waals surface area contributed by atoms with Gasteiger partial charge in [-0.25, -0.2) is 0 Å². The van der Waals surface area contributed by atoms with Gasteiger partial charge in [0, 0.05) is 43.4 Å². The molecular formula is C38H42N2O3SSi. The van der Waals surface area contributed by atoms with Crippen molar-refractivity contribution < 1.29 is 14.2 Å². The predicted molar refractivity (Wildman–Crippen MR) is 191 cm³/mol. The molecule has 0 amide bonds. The molecule has 0 spiro atoms. The maximum atomic E-state index is 6.44. The summed E-state index contributed by atoms with van der Waals surface area (Å²) in [5.74, 6) is 4.86. The highest BCUT2D eigenvalue weighted by Crippen LogP contribution is 2.32. The first kappa shape index (κ1) is 32.5. The zero-order valence-corrected chi connectivity index (χ0v) is 28.3. The maximum absolute atomic E-state index is 6.44. The molecule has 1 aliphatic rings. The number of thiocarbonyl (C=S) groups is 1. The van der Waals surface area contributed by atoms with Crippen LogP contribution in [-0.4, -0.2) is 44.3 Å². The summed E-state index contributed by atoms with van der Waals surface area (Å²) in [5, 5.41) is 3.46. The molecule has 0 aliphatic carbocycles. The minimum atomic E-state index is -1.54. The monoisotopic (exact) mass is 634 g/mol. The Bertz CT molecular complexity index is 1600. The minimum absolute atomic E-state index is 0.416. The van der Waals surface area contributed by atoms with Crippen LogP contribution in [0.15, 0.2) is 97.1 Å². The fourth-order valence-corrected chi connectivity index (χ4v) is 5.86. The third-order valence-corrected chi connectivity index (χ3v) is 8.59. The number of rotatable bonds is 11. The fourth-order valence-electron chi connectivity index (χ4n) is 4.96. The molecule has 232 valence electrons. The number of nitrogens with zero attached hydrogens (tertiary/aromatic N) is 1. The number of nitrogens with one attached hydrogen (secondary N) is 1. The Labute approximate surface area is 274 Å². The van der Waals surface area contributed by atoms with Gasteiger partial charge in [-0.1, -0.05) is 105 Å². The third kappa shape index (κ3) is 10.3. The van der Waals surface area contributed by atoms with Gasteiger partial charge in [0.1, 0.15) is 37.8 Å². The molecule has 5 nitrogen and oxygen atoms in total. The van der Waals surface area contributed by atoms with E-state index in [1.807, 2.05) is 42.5 Å². The van der Waals surface area contributed by atoms with Gasteiger partial charge in [0.25, 0.3) is 0 Å². The van der Waals surface area contributed by atoms with Crippen LogP contribution in [0.25, 0.3) is 0 Å². The van der Waals surface area contributed by atoms with Gasteiger partial charge in [-0.05, 0) is 34.9 Å². The topological polar surface area (TPSA) is 43.0 Å². The maximum Gasteiger partial charge on any atom is 0.133 e. The van der Waals surface area contributed by atoms with Crippen LogP contribution in [-0.2, 0) is 30.9 Å². The molecule has 0 bridgehead atoms. The normalized spacial score (nSPS) is 13.4. The minimum Gasteiger partial charge on any atom is -0.488 e. The first-order valence-electron chi connectivity index (χ1n) is 15.5. The van der Waals surface area contributed by atoms with Crippen LogP contribution in [0.5, 0.6) is 11.5 Å². The lowest BCUT2D eigenvalue weighted by Crippen LogP contribution is -2.35. The molecule has 4 aromatic rings. The van der Waals surface area contributed by atoms with Gasteiger partial charge in [-0.15, -0.1) is 11.5 Å². The third-order valence-electron chi connectivity index (χ3n) is 7.35. The molecule has 0 aromatic heterocycles. The van der Waals surface area contributed by atoms with Gasteiger partial charge in [0.2, 0.25) is 0 Å². The Kier molecular flexibility index (Phi) is 11.5. The number of benzene rings is 4. The Morgan fingerprint density at radius 2 is 1.40 bits per heavy atom. The molecule has 1 saturated heterocycles. The molecular weight excluding hydrogens is 593 g/mol. The van der Waals surface area contributed by atoms with Gasteiger partial charge in [-0.3, -0.25) is 4.90 Å². The largest absolute Gasteiger partial charge is 0.488 e. The van der Waals surface area contributed by atoms with Crippen LogP contribution >= 0.6 is 12.2 Å². The smallest absolute Gasteiger partial charge is 0.133 e. The summed E-state index contributed by atoms with van der Waals surface area (Å²) in [6.07, 6.45) is 0.569. The highest BCUT2D eigenvalue weighted by molar-refractivity contribution is 7.81. The highest BCUT2D eigenvalue weighted by Gasteiger charge is 2.17. The van der Waals surface area contributed by atoms with Crippen molar-refractivity contribution in [1.29, 1.82) is 0 Å². The fraction of sp³-hybridized carbons (Fsp3) is 0.289. The molecule has 0 radical (unpaired) electrons. The van der Waals surface area contributed by atoms with Crippen LogP contribution < -0.4 is 14.8 Å². The van der Waals surface area contributed by atoms with Crippen LogP contribution in [0.1, 0.15) is 27.8 Å². The SMILES string of the molecule is C[Si](C)(C)C#CCc1cc(C(=S)Nc2ccc(CN3CCOCC3)cc2)c(OCc2ccccc2)cc1OCc1ccccc1. The molecule has 0 atom stereocenters. The first-order valence-corrected chi connectivity index (χ1v) is 19.4. The first-order chi connectivity index (χ1) is 21.8. The standard InChI is InChI=1S/C38H42N2O3SSi/c1-45(2,3)24-10-15-33-25-35(38(44)39-34-18-16-30(17-19-34)27-40-20-22-41-23-21-40)37(43-29-32-13-8-5-9-14-32)26-36(33)42-28-31-11-6-4-7-12-31/h4-9,11-14,16-19,25-26H,15,20-23,27-29H2,1-3H3,(H,39,44). The Morgan fingerprint density at radius 1 is 0.800 bits per heavy atom. The summed E-state index contributed by atoms with van der Waals surface area (Å²) in [7, 11) is -1.54. The number of hydrogen-bond donors (Lipinski definition) is 1. The van der Waals surface area contributed by atoms with E-state index in [1.165, 1.54) is 5.56 Å². The van der Waals surface area contributed by atoms with Crippen molar-refractivity contribution in [3.63, 3.8) is 0 Å². The molecule has 45 heavy (non-hydrogen) atoms. The zero-order chi connectivity index (χ0) is 31.5. The van der Waals surface area contributed by atoms with E-state index in [0.29, 0.717) is 30.4 Å². The van der Waals surface area contributed by atoms with Crippen LogP contribution in [0.4, 0.5) is 5.69 Å². The number of morpholine rings is 1. The molecule has 1 heterocycles. The zero-order valence-electron chi connectivity index (χ0n) is 26.5. The number of anilines is 1. The summed E-state index contributed by atoms with van der Waals surface area (Å²) < 4.78 is 18.3. The van der Waals surface area contributed by atoms with E-state index in [2.05, 4.69) is 95.9 Å². The lowest BCUT2D eigenvalue weighted by Gasteiger charge is -2.26. The van der Waals surface area contributed by atoms with Crippen molar-refractivity contribution in [1.82, 2.24) is 4.90 Å². The van der Waals surface area contributed by atoms with E-state index < -0.39 is 8.07 Å². The van der Waals surface area contributed by atoms with Gasteiger partial charge in [-0.2, -0.15) is 0 Å². The van der Waals surface area contributed by atoms with E-state index in [9.17, 15) is 0 Å². The van der Waals surface area contributed by atoms with Crippen molar-refractivity contribution in [3.05, 3.63) is 125 Å². The number of hydrogen-bond acceptors (Lipinski definition) is 5. The molecule has 5 rings (SSSR count). The summed E-state index contributed by atoms with van der Waals surface area (Å²) in [6.45, 7) is 12.1. The quantitative estimate of drug-likeness (QED) is 0.103. The predicted octanol–water partition coefficient (Wildman–Crippen LogP) is 7.89. The van der Waals surface area contributed by atoms with E-state index in [4.69, 9.17) is 26.4 Å². The lowest BCUT2D eigenvalue weighted by atomic mass is 10.0. The van der Waals surface area contributed by atoms with E-state index >= 15 is 0 Å². The summed E-state index contributed by atoms with van der Waals surface area (Å²) in [6, 6.07) is 32.9. The van der Waals surface area contributed by atoms with Crippen LogP contribution in [0.3, 0.4) is 0 Å². The lowest BCUT2D eigenvalue weighted by molar-refractivity contribution is 0.0342. The Balaban J connectivity index is 1.42. The molecule has 7 heteroatoms. The van der Waals surface area contributed by atoms with Gasteiger partial charge >= 0.3 is 0 Å². The average Bonchev–Trinajstić information content (AvgIpc) is 3.05. The second-order valence-corrected chi connectivity index (χ2v) is 17.4. The average molecular weight is 635 g/mol. The highest BCUT2D eigenvalue weighted by atomic mass is 32.1. The van der Waals surface area contributed by atoms with Crippen molar-refractivity contribution in [2.45, 2.75) is 45.8 Å². The van der Waals surface area contributed by atoms with Crippen molar-refractivity contribution in [3.8, 4) is 23.0 Å². The molecule has 1 aliphatic heterocycles. The summed E-state index contributed by atoms with van der Waals surface area (Å²) in [4.78, 5) is 3.01. The van der Waals surface area contributed by atoms with Gasteiger partial charge in [0.15, 0.2) is 0 Å². The van der Waals surface area contributed by atoms with Crippen molar-refractivity contribution in [2.24, 2.45) is 0 Å². The van der Waals surface area contributed by atoms with Crippen LogP contribution in [0, 0.1) is 11.5 Å². The Hall–Kier alpha value is -3.93. The van der Waals surface area contributed by atoms with E-state index in [0.717, 1.165) is 66.5 Å². The summed E-state index contributed by atoms with van der Waals surface area (Å²) >= 11 is 6.02. The van der Waals surface area contributed by atoms with Gasteiger partial charge < -0.3 is 19.5 Å². The Morgan fingerprint density at radius 3 is 2.00 bits per heavy atom. The summed E-state index contributed by atoms with van der Waals surface area (Å²) in [5.41, 5.74) is 9.68. The molecule has 1 N–H and O–H groups in total. The van der Waals surface area contributed by atoms with E-state index in [-0.39, 0.29) is 0 Å². The van der Waals surface area contributed by atoms with Gasteiger partial charge in [0.05, 0.1) is 18.8 Å². The second kappa shape index (κ2) is 15.9.